The number of aryl methyl sites for hydroxylation is 1. The standard InChI is InChI=1S/C31H44O2Si2/c1-30(2,3)34(7,8)32-25-15-16-26-21-23-27(24-22-26)33-35(31(4,5)6,28-17-11-9-12-18-28)29-19-13-10-14-20-29/h9-14,17-24H,15-16,25H2,1-8H3. The van der Waals surface area contributed by atoms with Gasteiger partial charge < -0.3 is 8.85 Å². The number of benzene rings is 3. The van der Waals surface area contributed by atoms with Crippen LogP contribution in [0.1, 0.15) is 53.5 Å². The van der Waals surface area contributed by atoms with Crippen LogP contribution in [0.2, 0.25) is 23.2 Å². The molecule has 0 bridgehead atoms. The fraction of sp³-hybridized carbons (Fsp3) is 0.419. The molecule has 0 aliphatic rings. The topological polar surface area (TPSA) is 18.5 Å². The molecule has 0 saturated carbocycles. The average molecular weight is 505 g/mol. The van der Waals surface area contributed by atoms with Crippen molar-refractivity contribution in [1.82, 2.24) is 0 Å². The summed E-state index contributed by atoms with van der Waals surface area (Å²) in [6, 6.07) is 30.4. The Morgan fingerprint density at radius 3 is 1.54 bits per heavy atom. The SMILES string of the molecule is CC(C)(C)[Si](C)(C)OCCCc1ccc(O[Si](c2ccccc2)(c2ccccc2)C(C)(C)C)cc1. The molecule has 0 aliphatic heterocycles. The van der Waals surface area contributed by atoms with Gasteiger partial charge in [-0.1, -0.05) is 114 Å². The largest absolute Gasteiger partial charge is 0.534 e. The minimum atomic E-state index is -2.59. The first-order valence-electron chi connectivity index (χ1n) is 12.9. The van der Waals surface area contributed by atoms with Crippen LogP contribution in [-0.2, 0) is 10.8 Å². The van der Waals surface area contributed by atoms with Gasteiger partial charge in [-0.3, -0.25) is 0 Å². The fourth-order valence-electron chi connectivity index (χ4n) is 4.37. The van der Waals surface area contributed by atoms with E-state index >= 15 is 0 Å². The van der Waals surface area contributed by atoms with Crippen molar-refractivity contribution in [3.63, 3.8) is 0 Å². The second kappa shape index (κ2) is 10.9. The van der Waals surface area contributed by atoms with Crippen molar-refractivity contribution in [2.75, 3.05) is 6.61 Å². The first-order chi connectivity index (χ1) is 16.4. The third kappa shape index (κ3) is 6.35. The van der Waals surface area contributed by atoms with Gasteiger partial charge in [0.2, 0.25) is 0 Å². The van der Waals surface area contributed by atoms with E-state index in [4.69, 9.17) is 8.85 Å². The highest BCUT2D eigenvalue weighted by Crippen LogP contribution is 2.38. The Kier molecular flexibility index (Phi) is 8.51. The molecule has 0 unspecified atom stereocenters. The van der Waals surface area contributed by atoms with E-state index in [-0.39, 0.29) is 10.1 Å². The van der Waals surface area contributed by atoms with E-state index in [1.165, 1.54) is 15.9 Å². The third-order valence-corrected chi connectivity index (χ3v) is 17.0. The first kappa shape index (κ1) is 27.4. The summed E-state index contributed by atoms with van der Waals surface area (Å²) >= 11 is 0. The van der Waals surface area contributed by atoms with Crippen molar-refractivity contribution in [2.24, 2.45) is 0 Å². The third-order valence-electron chi connectivity index (χ3n) is 7.49. The van der Waals surface area contributed by atoms with Crippen molar-refractivity contribution in [3.8, 4) is 5.75 Å². The molecule has 35 heavy (non-hydrogen) atoms. The van der Waals surface area contributed by atoms with Gasteiger partial charge in [0, 0.05) is 6.61 Å². The van der Waals surface area contributed by atoms with Crippen LogP contribution < -0.4 is 14.8 Å². The molecule has 0 aliphatic carbocycles. The molecule has 0 N–H and O–H groups in total. The molecule has 0 heterocycles. The maximum absolute atomic E-state index is 7.12. The Balaban J connectivity index is 1.80. The monoisotopic (exact) mass is 504 g/mol. The van der Waals surface area contributed by atoms with Crippen LogP contribution in [-0.4, -0.2) is 23.2 Å². The predicted molar refractivity (Wildman–Crippen MR) is 156 cm³/mol. The minimum absolute atomic E-state index is 0.0462. The fourth-order valence-corrected chi connectivity index (χ4v) is 9.88. The van der Waals surface area contributed by atoms with Gasteiger partial charge in [0.25, 0.3) is 0 Å². The molecule has 3 rings (SSSR count). The van der Waals surface area contributed by atoms with Gasteiger partial charge in [-0.05, 0) is 64.1 Å². The summed E-state index contributed by atoms with van der Waals surface area (Å²) in [5.41, 5.74) is 1.33. The van der Waals surface area contributed by atoms with Gasteiger partial charge in [0.05, 0.1) is 0 Å². The first-order valence-corrected chi connectivity index (χ1v) is 17.7. The lowest BCUT2D eigenvalue weighted by Crippen LogP contribution is -2.68. The van der Waals surface area contributed by atoms with Gasteiger partial charge in [0.1, 0.15) is 5.75 Å². The Hall–Kier alpha value is -2.15. The maximum Gasteiger partial charge on any atom is 0.319 e. The molecule has 0 fully saturated rings. The highest BCUT2D eigenvalue weighted by molar-refractivity contribution is 7.00. The smallest absolute Gasteiger partial charge is 0.319 e. The second-order valence-electron chi connectivity index (χ2n) is 12.1. The van der Waals surface area contributed by atoms with Gasteiger partial charge >= 0.3 is 8.32 Å². The summed E-state index contributed by atoms with van der Waals surface area (Å²) < 4.78 is 13.5. The van der Waals surface area contributed by atoms with Crippen LogP contribution in [0.3, 0.4) is 0 Å². The van der Waals surface area contributed by atoms with E-state index in [1.807, 2.05) is 0 Å². The predicted octanol–water partition coefficient (Wildman–Crippen LogP) is 7.58. The Labute approximate surface area is 216 Å². The van der Waals surface area contributed by atoms with Gasteiger partial charge in [-0.15, -0.1) is 0 Å². The zero-order valence-electron chi connectivity index (χ0n) is 23.0. The molecule has 188 valence electrons. The summed E-state index contributed by atoms with van der Waals surface area (Å²) in [5, 5.41) is 2.80. The quantitative estimate of drug-likeness (QED) is 0.221. The molecule has 0 amide bonds. The Morgan fingerprint density at radius 2 is 1.11 bits per heavy atom. The normalized spacial score (nSPS) is 13.0. The molecule has 0 atom stereocenters. The van der Waals surface area contributed by atoms with Gasteiger partial charge in [0.15, 0.2) is 8.32 Å². The molecule has 4 heteroatoms. The number of hydrogen-bond acceptors (Lipinski definition) is 2. The highest BCUT2D eigenvalue weighted by atomic mass is 28.4. The van der Waals surface area contributed by atoms with Crippen LogP contribution in [0.15, 0.2) is 84.9 Å². The molecule has 3 aromatic rings. The maximum atomic E-state index is 7.12. The summed E-state index contributed by atoms with van der Waals surface area (Å²) in [6.07, 6.45) is 2.07. The lowest BCUT2D eigenvalue weighted by molar-refractivity contribution is 0.282. The Morgan fingerprint density at radius 1 is 0.629 bits per heavy atom. The lowest BCUT2D eigenvalue weighted by atomic mass is 10.1. The lowest BCUT2D eigenvalue weighted by Gasteiger charge is -2.43. The average Bonchev–Trinajstić information content (AvgIpc) is 2.81. The zero-order valence-corrected chi connectivity index (χ0v) is 25.0. The second-order valence-corrected chi connectivity index (χ2v) is 21.2. The summed E-state index contributed by atoms with van der Waals surface area (Å²) in [4.78, 5) is 0. The van der Waals surface area contributed by atoms with Crippen LogP contribution in [0.25, 0.3) is 0 Å². The molecular weight excluding hydrogens is 461 g/mol. The van der Waals surface area contributed by atoms with E-state index in [9.17, 15) is 0 Å². The van der Waals surface area contributed by atoms with Gasteiger partial charge in [-0.2, -0.15) is 0 Å². The van der Waals surface area contributed by atoms with E-state index in [2.05, 4.69) is 140 Å². The molecule has 0 spiro atoms. The Bertz CT molecular complexity index is 1010. The minimum Gasteiger partial charge on any atom is -0.534 e. The van der Waals surface area contributed by atoms with Crippen LogP contribution in [0, 0.1) is 0 Å². The number of rotatable bonds is 9. The van der Waals surface area contributed by atoms with Crippen molar-refractivity contribution in [2.45, 2.75) is 77.6 Å². The van der Waals surface area contributed by atoms with E-state index in [0.29, 0.717) is 0 Å². The summed E-state index contributed by atoms with van der Waals surface area (Å²) in [5.74, 6) is 0.945. The molecular formula is C31H44O2Si2. The molecule has 3 aromatic carbocycles. The highest BCUT2D eigenvalue weighted by Gasteiger charge is 2.52. The van der Waals surface area contributed by atoms with Crippen molar-refractivity contribution < 1.29 is 8.85 Å². The van der Waals surface area contributed by atoms with Crippen LogP contribution >= 0.6 is 0 Å². The van der Waals surface area contributed by atoms with E-state index in [0.717, 1.165) is 25.2 Å². The van der Waals surface area contributed by atoms with Gasteiger partial charge in [-0.25, -0.2) is 0 Å². The van der Waals surface area contributed by atoms with Crippen LogP contribution in [0.4, 0.5) is 0 Å². The number of hydrogen-bond donors (Lipinski definition) is 0. The summed E-state index contributed by atoms with van der Waals surface area (Å²) in [6.45, 7) is 19.3. The molecule has 2 nitrogen and oxygen atoms in total. The summed E-state index contributed by atoms with van der Waals surface area (Å²) in [7, 11) is -4.27. The van der Waals surface area contributed by atoms with Crippen molar-refractivity contribution in [1.29, 1.82) is 0 Å². The van der Waals surface area contributed by atoms with Crippen LogP contribution in [0.5, 0.6) is 5.75 Å². The van der Waals surface area contributed by atoms with E-state index in [1.54, 1.807) is 0 Å². The zero-order chi connectivity index (χ0) is 25.7. The molecule has 0 aromatic heterocycles. The van der Waals surface area contributed by atoms with Crippen molar-refractivity contribution >= 4 is 27.0 Å². The molecule has 0 saturated heterocycles. The van der Waals surface area contributed by atoms with E-state index < -0.39 is 16.6 Å². The molecule has 0 radical (unpaired) electrons. The van der Waals surface area contributed by atoms with Crippen molar-refractivity contribution in [3.05, 3.63) is 90.5 Å².